The van der Waals surface area contributed by atoms with Crippen LogP contribution in [-0.2, 0) is 16.4 Å². The fraction of sp³-hybridized carbons (Fsp3) is 0.0779. The van der Waals surface area contributed by atoms with Gasteiger partial charge in [0.1, 0.15) is 22.9 Å². The van der Waals surface area contributed by atoms with Crippen LogP contribution in [0.3, 0.4) is 0 Å². The van der Waals surface area contributed by atoms with Crippen LogP contribution in [0.5, 0.6) is 11.5 Å². The predicted octanol–water partition coefficient (Wildman–Crippen LogP) is 17.9. The Kier molecular flexibility index (Phi) is 8.98. The minimum absolute atomic E-state index is 0.0915. The first-order valence-corrected chi connectivity index (χ1v) is 28.2. The lowest BCUT2D eigenvalue weighted by molar-refractivity contribution is 0.282. The summed E-state index contributed by atoms with van der Waals surface area (Å²) in [7, 11) is 0. The molecule has 0 spiro atoms. The van der Waals surface area contributed by atoms with Crippen molar-refractivity contribution in [1.29, 1.82) is 0 Å². The van der Waals surface area contributed by atoms with Crippen molar-refractivity contribution in [2.24, 2.45) is 0 Å². The molecule has 5 nitrogen and oxygen atoms in total. The maximum absolute atomic E-state index is 8.72. The fourth-order valence-electron chi connectivity index (χ4n) is 15.7. The summed E-state index contributed by atoms with van der Waals surface area (Å²) in [6, 6.07) is 92.3. The number of benzene rings is 11. The van der Waals surface area contributed by atoms with Gasteiger partial charge in [0.25, 0.3) is 0 Å². The highest BCUT2D eigenvalue weighted by atomic mass is 16.5. The Bertz CT molecular complexity index is 4900. The molecular weight excluding hydrogens is 997 g/mol. The Morgan fingerprint density at radius 2 is 1.06 bits per heavy atom. The van der Waals surface area contributed by atoms with Gasteiger partial charge in [-0.15, -0.1) is 0 Å². The van der Waals surface area contributed by atoms with E-state index in [0.29, 0.717) is 29.5 Å². The monoisotopic (exact) mass is 1060 g/mol. The van der Waals surface area contributed by atoms with Crippen LogP contribution in [0.15, 0.2) is 291 Å². The smallest absolute Gasteiger partial charge is 0.137 e. The number of hydrogen-bond donors (Lipinski definition) is 0. The summed E-state index contributed by atoms with van der Waals surface area (Å²) in [4.78, 5) is 10.2. The number of nitrogens with zero attached hydrogens (tertiary/aromatic N) is 4. The van der Waals surface area contributed by atoms with Crippen molar-refractivity contribution in [1.82, 2.24) is 9.55 Å². The van der Waals surface area contributed by atoms with Crippen molar-refractivity contribution in [2.45, 2.75) is 29.2 Å². The van der Waals surface area contributed by atoms with Gasteiger partial charge in [-0.2, -0.15) is 0 Å². The van der Waals surface area contributed by atoms with Gasteiger partial charge in [0.2, 0.25) is 0 Å². The number of ether oxygens (including phenoxy) is 1. The van der Waals surface area contributed by atoms with Gasteiger partial charge in [-0.3, -0.25) is 4.57 Å². The van der Waals surface area contributed by atoms with E-state index in [1.54, 1.807) is 6.20 Å². The van der Waals surface area contributed by atoms with E-state index < -0.39 is 22.4 Å². The maximum Gasteiger partial charge on any atom is 0.137 e. The summed E-state index contributed by atoms with van der Waals surface area (Å²) in [6.45, 7) is 2.39. The van der Waals surface area contributed by atoms with Crippen LogP contribution in [0.25, 0.3) is 38.8 Å². The molecule has 0 atom stereocenters. The first-order chi connectivity index (χ1) is 42.7. The number of anilines is 3. The van der Waals surface area contributed by atoms with Crippen molar-refractivity contribution in [3.63, 3.8) is 0 Å². The van der Waals surface area contributed by atoms with Crippen LogP contribution in [0.4, 0.5) is 17.1 Å². The lowest BCUT2D eigenvalue weighted by atomic mass is 9.37. The Morgan fingerprint density at radius 3 is 1.76 bits per heavy atom. The van der Waals surface area contributed by atoms with Crippen molar-refractivity contribution in [3.8, 4) is 28.4 Å². The van der Waals surface area contributed by atoms with Crippen LogP contribution in [0.2, 0.25) is 0 Å². The normalized spacial score (nSPS) is 20.5. The SMILES string of the molecule is [2H]c1c([2H])c([2H])c(-c2cnc(-n3c4ccccc4c4ccc(Oc5cccc(N6CN(C78c9ccccc9C(c9ccccc97)C7(c9ccccc9)c9ccccc9C8(c8ccccc8)c8ccccc87)c7ccccc76)c5)cc43)cc2C)c([2H])c1[2H]. The van der Waals surface area contributed by atoms with Gasteiger partial charge in [0, 0.05) is 46.3 Å². The Balaban J connectivity index is 0.833. The number of para-hydroxylation sites is 3. The standard InChI is InChI=1S/C77H54N4O/c1-51-46-73(78-49-62(51)52-24-5-2-6-25-52)81-69-41-20-13-32-58(69)59-45-44-57(48-72(59)81)82-56-31-23-30-55(47-56)79-50-80(71-43-22-21-42-70(71)79)77-63-35-14-11-33-60(63)74(61-34-12-15-36-64(61)77)75(53-26-7-3-8-27-53)65-37-16-18-39-67(65)76(77,54-28-9-4-10-29-54)68-40-19-17-38-66(68)75/h2-49,74H,50H2,1H3/i2D,5D,6D,24D,25D. The molecule has 82 heavy (non-hydrogen) atoms. The molecule has 0 fully saturated rings. The highest BCUT2D eigenvalue weighted by Crippen LogP contribution is 2.75. The van der Waals surface area contributed by atoms with E-state index in [0.717, 1.165) is 44.4 Å². The molecule has 7 aliphatic rings. The summed E-state index contributed by atoms with van der Waals surface area (Å²) < 4.78 is 51.5. The lowest BCUT2D eigenvalue weighted by Crippen LogP contribution is -2.69. The fourth-order valence-corrected chi connectivity index (χ4v) is 15.7. The van der Waals surface area contributed by atoms with Crippen LogP contribution in [0.1, 0.15) is 74.0 Å². The molecular formula is C77H54N4O. The highest BCUT2D eigenvalue weighted by Gasteiger charge is 2.72. The molecule has 0 N–H and O–H groups in total. The maximum atomic E-state index is 8.72. The van der Waals surface area contributed by atoms with E-state index in [-0.39, 0.29) is 35.7 Å². The van der Waals surface area contributed by atoms with Crippen LogP contribution < -0.4 is 14.5 Å². The van der Waals surface area contributed by atoms with E-state index in [4.69, 9.17) is 16.6 Å². The molecule has 4 bridgehead atoms. The number of rotatable bonds is 8. The number of aromatic nitrogens is 2. The molecule has 2 aromatic heterocycles. The zero-order valence-corrected chi connectivity index (χ0v) is 44.8. The average Bonchev–Trinajstić information content (AvgIpc) is 1.15. The first kappa shape index (κ1) is 41.8. The minimum Gasteiger partial charge on any atom is -0.457 e. The zero-order valence-electron chi connectivity index (χ0n) is 49.8. The Hall–Kier alpha value is -10.2. The molecule has 5 heteroatoms. The third-order valence-electron chi connectivity index (χ3n) is 18.5. The Labute approximate surface area is 484 Å². The number of pyridine rings is 1. The number of aryl methyl sites for hydroxylation is 1. The molecule has 3 heterocycles. The van der Waals surface area contributed by atoms with Gasteiger partial charge in [-0.1, -0.05) is 224 Å². The third-order valence-corrected chi connectivity index (χ3v) is 18.5. The van der Waals surface area contributed by atoms with E-state index >= 15 is 0 Å². The first-order valence-electron chi connectivity index (χ1n) is 30.7. The van der Waals surface area contributed by atoms with E-state index in [2.05, 4.69) is 239 Å². The van der Waals surface area contributed by atoms with Crippen molar-refractivity contribution in [3.05, 3.63) is 352 Å². The number of fused-ring (bicyclic) bond motifs is 4. The van der Waals surface area contributed by atoms with E-state index in [1.807, 2.05) is 37.3 Å². The molecule has 0 amide bonds. The second kappa shape index (κ2) is 17.6. The summed E-state index contributed by atoms with van der Waals surface area (Å²) >= 11 is 0. The lowest BCUT2D eigenvalue weighted by Gasteiger charge is -2.68. The molecule has 388 valence electrons. The van der Waals surface area contributed by atoms with Crippen molar-refractivity contribution < 1.29 is 11.6 Å². The molecule has 0 unspecified atom stereocenters. The molecule has 0 saturated carbocycles. The largest absolute Gasteiger partial charge is 0.457 e. The van der Waals surface area contributed by atoms with Gasteiger partial charge in [0.15, 0.2) is 0 Å². The number of hydrogen-bond acceptors (Lipinski definition) is 4. The molecule has 0 saturated heterocycles. The average molecular weight is 1060 g/mol. The zero-order chi connectivity index (χ0) is 58.5. The molecule has 0 radical (unpaired) electrons. The van der Waals surface area contributed by atoms with Crippen LogP contribution in [0, 0.1) is 6.92 Å². The van der Waals surface area contributed by atoms with Gasteiger partial charge in [-0.25, -0.2) is 4.98 Å². The molecule has 6 aliphatic carbocycles. The van der Waals surface area contributed by atoms with Gasteiger partial charge in [-0.05, 0) is 122 Å². The third kappa shape index (κ3) is 6.09. The molecule has 20 rings (SSSR count). The van der Waals surface area contributed by atoms with E-state index in [9.17, 15) is 0 Å². The Morgan fingerprint density at radius 1 is 0.488 bits per heavy atom. The summed E-state index contributed by atoms with van der Waals surface area (Å²) in [5, 5.41) is 2.06. The topological polar surface area (TPSA) is 33.5 Å². The summed E-state index contributed by atoms with van der Waals surface area (Å²) in [5.74, 6) is 1.85. The second-order valence-electron chi connectivity index (χ2n) is 22.2. The van der Waals surface area contributed by atoms with Crippen LogP contribution in [-0.4, -0.2) is 16.2 Å². The van der Waals surface area contributed by atoms with Crippen molar-refractivity contribution in [2.75, 3.05) is 16.5 Å². The minimum atomic E-state index is -0.895. The highest BCUT2D eigenvalue weighted by molar-refractivity contribution is 6.09. The van der Waals surface area contributed by atoms with Gasteiger partial charge in [0.05, 0.1) is 46.8 Å². The predicted molar refractivity (Wildman–Crippen MR) is 332 cm³/mol. The van der Waals surface area contributed by atoms with E-state index in [1.165, 1.54) is 55.6 Å². The van der Waals surface area contributed by atoms with Crippen LogP contribution >= 0.6 is 0 Å². The molecule has 11 aromatic carbocycles. The van der Waals surface area contributed by atoms with Gasteiger partial charge >= 0.3 is 0 Å². The summed E-state index contributed by atoms with van der Waals surface area (Å²) in [5.41, 5.74) is 17.0. The van der Waals surface area contributed by atoms with Crippen molar-refractivity contribution >= 4 is 38.9 Å². The second-order valence-corrected chi connectivity index (χ2v) is 22.2. The molecule has 1 aliphatic heterocycles. The summed E-state index contributed by atoms with van der Waals surface area (Å²) in [6.07, 6.45) is 1.62. The molecule has 13 aromatic rings. The van der Waals surface area contributed by atoms with Gasteiger partial charge < -0.3 is 14.5 Å². The quantitative estimate of drug-likeness (QED) is 0.152.